The van der Waals surface area contributed by atoms with Crippen molar-refractivity contribution in [1.82, 2.24) is 10.2 Å². The predicted octanol–water partition coefficient (Wildman–Crippen LogP) is 4.52. The summed E-state index contributed by atoms with van der Waals surface area (Å²) in [7, 11) is 0. The van der Waals surface area contributed by atoms with Gasteiger partial charge in [0.2, 0.25) is 0 Å². The highest BCUT2D eigenvalue weighted by Crippen LogP contribution is 2.15. The number of hydrogen-bond acceptors (Lipinski definition) is 5. The number of aliphatic carboxylic acids is 1. The summed E-state index contributed by atoms with van der Waals surface area (Å²) in [5.74, 6) is -0.102. The Kier molecular flexibility index (Phi) is 12.5. The minimum absolute atomic E-state index is 0.0512. The number of carboxylic acid groups (broad SMARTS) is 1. The van der Waals surface area contributed by atoms with Gasteiger partial charge in [-0.2, -0.15) is 0 Å². The molecule has 0 aliphatic carbocycles. The molecule has 2 N–H and O–H groups in total. The van der Waals surface area contributed by atoms with Gasteiger partial charge >= 0.3 is 12.0 Å². The van der Waals surface area contributed by atoms with Crippen LogP contribution in [0.3, 0.4) is 0 Å². The molecule has 0 fully saturated rings. The molecular formula is C27H37FN2O6. The number of nitrogens with zero attached hydrogens (tertiary/aromatic N) is 1. The predicted molar refractivity (Wildman–Crippen MR) is 135 cm³/mol. The monoisotopic (exact) mass is 504 g/mol. The molecule has 198 valence electrons. The van der Waals surface area contributed by atoms with Gasteiger partial charge in [0.15, 0.2) is 6.10 Å². The van der Waals surface area contributed by atoms with E-state index < -0.39 is 12.1 Å². The van der Waals surface area contributed by atoms with Crippen molar-refractivity contribution in [1.29, 1.82) is 0 Å². The Bertz CT molecular complexity index is 923. The van der Waals surface area contributed by atoms with Crippen LogP contribution in [-0.4, -0.2) is 67.1 Å². The second kappa shape index (κ2) is 15.6. The fraction of sp³-hybridized carbons (Fsp3) is 0.481. The van der Waals surface area contributed by atoms with E-state index in [0.29, 0.717) is 50.8 Å². The summed E-state index contributed by atoms with van der Waals surface area (Å²) < 4.78 is 29.7. The first-order valence-corrected chi connectivity index (χ1v) is 12.3. The summed E-state index contributed by atoms with van der Waals surface area (Å²) in [6, 6.07) is 12.9. The second-order valence-electron chi connectivity index (χ2n) is 8.38. The van der Waals surface area contributed by atoms with Crippen molar-refractivity contribution in [3.8, 4) is 11.5 Å². The Morgan fingerprint density at radius 1 is 0.972 bits per heavy atom. The summed E-state index contributed by atoms with van der Waals surface area (Å²) in [4.78, 5) is 25.7. The Balaban J connectivity index is 1.85. The first-order valence-electron chi connectivity index (χ1n) is 12.3. The lowest BCUT2D eigenvalue weighted by atomic mass is 10.1. The highest BCUT2D eigenvalue weighted by atomic mass is 19.1. The molecule has 2 amide bonds. The van der Waals surface area contributed by atoms with Crippen LogP contribution in [0.1, 0.15) is 39.2 Å². The van der Waals surface area contributed by atoms with Crippen molar-refractivity contribution in [2.75, 3.05) is 32.9 Å². The third-order valence-corrected chi connectivity index (χ3v) is 5.54. The van der Waals surface area contributed by atoms with Crippen molar-refractivity contribution >= 4 is 12.0 Å². The van der Waals surface area contributed by atoms with Gasteiger partial charge < -0.3 is 29.5 Å². The van der Waals surface area contributed by atoms with E-state index in [2.05, 4.69) is 5.32 Å². The molecule has 36 heavy (non-hydrogen) atoms. The molecule has 0 heterocycles. The van der Waals surface area contributed by atoms with Gasteiger partial charge in [0.1, 0.15) is 23.9 Å². The molecule has 0 aliphatic rings. The zero-order valence-electron chi connectivity index (χ0n) is 21.2. The maximum absolute atomic E-state index is 13.0. The van der Waals surface area contributed by atoms with Crippen LogP contribution in [0, 0.1) is 5.82 Å². The number of amides is 2. The summed E-state index contributed by atoms with van der Waals surface area (Å²) in [6.45, 7) is 7.59. The summed E-state index contributed by atoms with van der Waals surface area (Å²) in [6.07, 6.45) is 0.811. The van der Waals surface area contributed by atoms with Crippen molar-refractivity contribution in [2.24, 2.45) is 0 Å². The molecule has 2 aromatic carbocycles. The van der Waals surface area contributed by atoms with Crippen LogP contribution < -0.4 is 14.8 Å². The van der Waals surface area contributed by atoms with Crippen LogP contribution in [0.15, 0.2) is 48.5 Å². The van der Waals surface area contributed by atoms with Gasteiger partial charge in [0.05, 0.1) is 13.2 Å². The van der Waals surface area contributed by atoms with Crippen LogP contribution in [0.25, 0.3) is 0 Å². The molecule has 2 aromatic rings. The molecule has 2 unspecified atom stereocenters. The van der Waals surface area contributed by atoms with E-state index in [9.17, 15) is 19.1 Å². The lowest BCUT2D eigenvalue weighted by Crippen LogP contribution is -2.45. The summed E-state index contributed by atoms with van der Waals surface area (Å²) in [5, 5.41) is 12.2. The third kappa shape index (κ3) is 10.5. The number of benzene rings is 2. The van der Waals surface area contributed by atoms with E-state index in [1.807, 2.05) is 26.0 Å². The largest absolute Gasteiger partial charge is 0.494 e. The SMILES string of the molecule is CCOC(Cc1ccc(OCCN(CCCOc2ccc(F)cc2)C(=O)NC(C)CC)cc1)C(=O)O. The molecule has 0 saturated carbocycles. The summed E-state index contributed by atoms with van der Waals surface area (Å²) in [5.41, 5.74) is 0.832. The zero-order chi connectivity index (χ0) is 26.3. The van der Waals surface area contributed by atoms with E-state index >= 15 is 0 Å². The van der Waals surface area contributed by atoms with Gasteiger partial charge in [0.25, 0.3) is 0 Å². The standard InChI is InChI=1S/C27H37FN2O6/c1-4-20(3)29-27(33)30(15-6-17-35-24-13-9-22(28)10-14-24)16-18-36-23-11-7-21(8-12-23)19-25(26(31)32)34-5-2/h7-14,20,25H,4-6,15-19H2,1-3H3,(H,29,33)(H,31,32). The number of carbonyl (C=O) groups excluding carboxylic acids is 1. The number of nitrogens with one attached hydrogen (secondary N) is 1. The lowest BCUT2D eigenvalue weighted by Gasteiger charge is -2.25. The van der Waals surface area contributed by atoms with Gasteiger partial charge in [-0.3, -0.25) is 0 Å². The van der Waals surface area contributed by atoms with Crippen molar-refractivity contribution in [3.05, 3.63) is 59.9 Å². The fourth-order valence-corrected chi connectivity index (χ4v) is 3.32. The number of hydrogen-bond donors (Lipinski definition) is 2. The van der Waals surface area contributed by atoms with Crippen LogP contribution in [0.2, 0.25) is 0 Å². The maximum atomic E-state index is 13.0. The van der Waals surface area contributed by atoms with E-state index in [1.54, 1.807) is 36.1 Å². The Labute approximate surface area is 212 Å². The van der Waals surface area contributed by atoms with Crippen molar-refractivity contribution in [2.45, 2.75) is 52.2 Å². The number of halogens is 1. The van der Waals surface area contributed by atoms with E-state index in [4.69, 9.17) is 14.2 Å². The quantitative estimate of drug-likeness (QED) is 0.327. The van der Waals surface area contributed by atoms with Crippen LogP contribution in [0.4, 0.5) is 9.18 Å². The molecule has 2 rings (SSSR count). The Morgan fingerprint density at radius 3 is 2.17 bits per heavy atom. The number of ether oxygens (including phenoxy) is 3. The van der Waals surface area contributed by atoms with Gasteiger partial charge in [-0.15, -0.1) is 0 Å². The first-order chi connectivity index (χ1) is 17.3. The Hall–Kier alpha value is -3.33. The minimum atomic E-state index is -0.990. The number of urea groups is 1. The normalized spacial score (nSPS) is 12.4. The topological polar surface area (TPSA) is 97.3 Å². The number of rotatable bonds is 16. The zero-order valence-corrected chi connectivity index (χ0v) is 21.2. The first kappa shape index (κ1) is 28.9. The van der Waals surface area contributed by atoms with Crippen molar-refractivity contribution < 1.29 is 33.3 Å². The molecule has 0 aromatic heterocycles. The van der Waals surface area contributed by atoms with E-state index in [-0.39, 0.29) is 24.3 Å². The molecule has 0 saturated heterocycles. The molecular weight excluding hydrogens is 467 g/mol. The number of carbonyl (C=O) groups is 2. The van der Waals surface area contributed by atoms with Crippen LogP contribution >= 0.6 is 0 Å². The minimum Gasteiger partial charge on any atom is -0.494 e. The number of carboxylic acids is 1. The highest BCUT2D eigenvalue weighted by molar-refractivity contribution is 5.74. The molecule has 9 heteroatoms. The van der Waals surface area contributed by atoms with Crippen LogP contribution in [-0.2, 0) is 16.0 Å². The van der Waals surface area contributed by atoms with E-state index in [1.165, 1.54) is 12.1 Å². The van der Waals surface area contributed by atoms with Crippen molar-refractivity contribution in [3.63, 3.8) is 0 Å². The molecule has 0 radical (unpaired) electrons. The smallest absolute Gasteiger partial charge is 0.333 e. The maximum Gasteiger partial charge on any atom is 0.333 e. The average molecular weight is 505 g/mol. The second-order valence-corrected chi connectivity index (χ2v) is 8.38. The van der Waals surface area contributed by atoms with E-state index in [0.717, 1.165) is 12.0 Å². The summed E-state index contributed by atoms with van der Waals surface area (Å²) >= 11 is 0. The Morgan fingerprint density at radius 2 is 1.58 bits per heavy atom. The molecule has 0 bridgehead atoms. The average Bonchev–Trinajstić information content (AvgIpc) is 2.86. The van der Waals surface area contributed by atoms with Gasteiger partial charge in [-0.05, 0) is 68.7 Å². The lowest BCUT2D eigenvalue weighted by molar-refractivity contribution is -0.149. The van der Waals surface area contributed by atoms with Gasteiger partial charge in [0, 0.05) is 25.6 Å². The van der Waals surface area contributed by atoms with Gasteiger partial charge in [-0.1, -0.05) is 19.1 Å². The third-order valence-electron chi connectivity index (χ3n) is 5.54. The molecule has 2 atom stereocenters. The molecule has 8 nitrogen and oxygen atoms in total. The highest BCUT2D eigenvalue weighted by Gasteiger charge is 2.18. The van der Waals surface area contributed by atoms with Gasteiger partial charge in [-0.25, -0.2) is 14.0 Å². The fourth-order valence-electron chi connectivity index (χ4n) is 3.32. The molecule has 0 aliphatic heterocycles. The molecule has 0 spiro atoms. The van der Waals surface area contributed by atoms with Crippen LogP contribution in [0.5, 0.6) is 11.5 Å².